The quantitative estimate of drug-likeness (QED) is 0.752. The Morgan fingerprint density at radius 3 is 2.67 bits per heavy atom. The lowest BCUT2D eigenvalue weighted by Crippen LogP contribution is -2.18. The van der Waals surface area contributed by atoms with Crippen molar-refractivity contribution in [2.24, 2.45) is 5.73 Å². The summed E-state index contributed by atoms with van der Waals surface area (Å²) < 4.78 is 0.725. The van der Waals surface area contributed by atoms with Crippen LogP contribution in [0.2, 0.25) is 4.34 Å². The van der Waals surface area contributed by atoms with Crippen LogP contribution in [0.15, 0.2) is 12.1 Å². The van der Waals surface area contributed by atoms with E-state index < -0.39 is 5.91 Å². The molecule has 24 heavy (non-hydrogen) atoms. The summed E-state index contributed by atoms with van der Waals surface area (Å²) >= 11 is 8.89. The van der Waals surface area contributed by atoms with E-state index in [1.54, 1.807) is 0 Å². The highest BCUT2D eigenvalue weighted by Gasteiger charge is 2.24. The first-order chi connectivity index (χ1) is 11.5. The molecule has 3 rings (SSSR count). The van der Waals surface area contributed by atoms with Gasteiger partial charge in [0.1, 0.15) is 5.00 Å². The molecule has 2 heterocycles. The van der Waals surface area contributed by atoms with E-state index in [0.29, 0.717) is 23.4 Å². The van der Waals surface area contributed by atoms with Crippen molar-refractivity contribution >= 4 is 51.1 Å². The van der Waals surface area contributed by atoms with Crippen LogP contribution in [0.4, 0.5) is 5.00 Å². The van der Waals surface area contributed by atoms with Gasteiger partial charge in [-0.15, -0.1) is 22.7 Å². The molecule has 1 aliphatic rings. The van der Waals surface area contributed by atoms with E-state index in [1.165, 1.54) is 34.0 Å². The van der Waals surface area contributed by atoms with Crippen LogP contribution in [0, 0.1) is 0 Å². The number of primary amides is 1. The first-order valence-electron chi connectivity index (χ1n) is 8.03. The zero-order chi connectivity index (χ0) is 17.1. The van der Waals surface area contributed by atoms with E-state index in [-0.39, 0.29) is 5.91 Å². The van der Waals surface area contributed by atoms with E-state index in [2.05, 4.69) is 5.32 Å². The van der Waals surface area contributed by atoms with Gasteiger partial charge in [0.05, 0.1) is 9.90 Å². The van der Waals surface area contributed by atoms with Gasteiger partial charge in [-0.25, -0.2) is 0 Å². The Kier molecular flexibility index (Phi) is 5.58. The van der Waals surface area contributed by atoms with Gasteiger partial charge >= 0.3 is 0 Å². The average Bonchev–Trinajstić information content (AvgIpc) is 3.01. The van der Waals surface area contributed by atoms with Crippen molar-refractivity contribution in [1.82, 2.24) is 0 Å². The predicted octanol–water partition coefficient (Wildman–Crippen LogP) is 4.40. The van der Waals surface area contributed by atoms with E-state index in [0.717, 1.165) is 40.5 Å². The van der Waals surface area contributed by atoms with Crippen molar-refractivity contribution in [1.29, 1.82) is 0 Å². The van der Waals surface area contributed by atoms with Crippen molar-refractivity contribution in [2.45, 2.75) is 44.9 Å². The number of rotatable bonds is 5. The summed E-state index contributed by atoms with van der Waals surface area (Å²) in [4.78, 5) is 26.4. The average molecular weight is 383 g/mol. The highest BCUT2D eigenvalue weighted by atomic mass is 35.5. The molecule has 0 unspecified atom stereocenters. The molecule has 0 fully saturated rings. The maximum absolute atomic E-state index is 12.3. The Hall–Kier alpha value is -1.37. The minimum Gasteiger partial charge on any atom is -0.365 e. The summed E-state index contributed by atoms with van der Waals surface area (Å²) in [6, 6.07) is 3.77. The summed E-state index contributed by atoms with van der Waals surface area (Å²) in [5.74, 6) is -0.548. The number of nitrogens with one attached hydrogen (secondary N) is 1. The molecule has 0 spiro atoms. The van der Waals surface area contributed by atoms with Gasteiger partial charge in [-0.1, -0.05) is 18.0 Å². The summed E-state index contributed by atoms with van der Waals surface area (Å²) in [6.45, 7) is 0. The van der Waals surface area contributed by atoms with Crippen LogP contribution in [0.5, 0.6) is 0 Å². The molecule has 2 aromatic heterocycles. The lowest BCUT2D eigenvalue weighted by molar-refractivity contribution is -0.116. The third-order valence-electron chi connectivity index (χ3n) is 4.15. The minimum atomic E-state index is -0.449. The number of hydrogen-bond acceptors (Lipinski definition) is 4. The summed E-state index contributed by atoms with van der Waals surface area (Å²) in [5.41, 5.74) is 7.15. The molecule has 128 valence electrons. The molecule has 1 aliphatic carbocycles. The predicted molar refractivity (Wildman–Crippen MR) is 100 cm³/mol. The molecular weight excluding hydrogens is 364 g/mol. The van der Waals surface area contributed by atoms with E-state index in [1.807, 2.05) is 12.1 Å². The van der Waals surface area contributed by atoms with Crippen molar-refractivity contribution in [3.8, 4) is 0 Å². The first-order valence-corrected chi connectivity index (χ1v) is 10.0. The number of amides is 2. The molecule has 3 N–H and O–H groups in total. The Bertz CT molecular complexity index is 767. The number of hydrogen-bond donors (Lipinski definition) is 2. The third kappa shape index (κ3) is 3.99. The van der Waals surface area contributed by atoms with Crippen LogP contribution in [0.3, 0.4) is 0 Å². The number of carbonyl (C=O) groups is 2. The molecule has 0 saturated carbocycles. The van der Waals surface area contributed by atoms with Gasteiger partial charge in [0.25, 0.3) is 5.91 Å². The van der Waals surface area contributed by atoms with Gasteiger partial charge in [-0.2, -0.15) is 0 Å². The topological polar surface area (TPSA) is 72.2 Å². The smallest absolute Gasteiger partial charge is 0.251 e. The standard InChI is InChI=1S/C17H19ClN2O2S2/c18-13-8-6-10(23-13)7-9-14(21)20-17-15(16(19)22)11-4-2-1-3-5-12(11)24-17/h6,8H,1-5,7,9H2,(H2,19,22)(H,20,21). The number of fused-ring (bicyclic) bond motifs is 1. The second-order valence-corrected chi connectivity index (χ2v) is 8.79. The van der Waals surface area contributed by atoms with Gasteiger partial charge in [-0.3, -0.25) is 9.59 Å². The number of thiophene rings is 2. The Labute approximate surface area is 154 Å². The number of carbonyl (C=O) groups excluding carboxylic acids is 2. The Morgan fingerprint density at radius 1 is 1.17 bits per heavy atom. The SMILES string of the molecule is NC(=O)c1c(NC(=O)CCc2ccc(Cl)s2)sc2c1CCCCC2. The Balaban J connectivity index is 1.72. The third-order valence-corrected chi connectivity index (χ3v) is 6.65. The fourth-order valence-electron chi connectivity index (χ4n) is 3.00. The molecule has 7 heteroatoms. The molecule has 0 aliphatic heterocycles. The van der Waals surface area contributed by atoms with Gasteiger partial charge in [0.15, 0.2) is 0 Å². The van der Waals surface area contributed by atoms with Gasteiger partial charge in [0, 0.05) is 16.2 Å². The van der Waals surface area contributed by atoms with Gasteiger partial charge in [-0.05, 0) is 49.8 Å². The van der Waals surface area contributed by atoms with Crippen molar-refractivity contribution < 1.29 is 9.59 Å². The zero-order valence-electron chi connectivity index (χ0n) is 13.2. The van der Waals surface area contributed by atoms with Crippen LogP contribution >= 0.6 is 34.3 Å². The minimum absolute atomic E-state index is 0.0987. The molecule has 0 bridgehead atoms. The second kappa shape index (κ2) is 7.68. The normalized spacial score (nSPS) is 14.0. The van der Waals surface area contributed by atoms with Gasteiger partial charge in [0.2, 0.25) is 5.91 Å². The van der Waals surface area contributed by atoms with Crippen molar-refractivity contribution in [2.75, 3.05) is 5.32 Å². The number of aryl methyl sites for hydroxylation is 2. The molecule has 0 radical (unpaired) electrons. The van der Waals surface area contributed by atoms with Crippen LogP contribution in [0.1, 0.15) is 51.4 Å². The monoisotopic (exact) mass is 382 g/mol. The van der Waals surface area contributed by atoms with E-state index >= 15 is 0 Å². The molecule has 0 atom stereocenters. The molecule has 4 nitrogen and oxygen atoms in total. The summed E-state index contributed by atoms with van der Waals surface area (Å²) in [6.07, 6.45) is 6.19. The molecule has 0 aromatic carbocycles. The maximum atomic E-state index is 12.3. The first kappa shape index (κ1) is 17.5. The van der Waals surface area contributed by atoms with Crippen molar-refractivity contribution in [3.05, 3.63) is 37.4 Å². The van der Waals surface area contributed by atoms with E-state index in [4.69, 9.17) is 17.3 Å². The van der Waals surface area contributed by atoms with E-state index in [9.17, 15) is 9.59 Å². The fourth-order valence-corrected chi connectivity index (χ4v) is 5.40. The number of halogens is 1. The molecule has 0 saturated heterocycles. The lowest BCUT2D eigenvalue weighted by atomic mass is 10.1. The van der Waals surface area contributed by atoms with Crippen LogP contribution in [0.25, 0.3) is 0 Å². The van der Waals surface area contributed by atoms with Crippen LogP contribution in [-0.4, -0.2) is 11.8 Å². The van der Waals surface area contributed by atoms with Crippen LogP contribution < -0.4 is 11.1 Å². The fraction of sp³-hybridized carbons (Fsp3) is 0.412. The number of nitrogens with two attached hydrogens (primary N) is 1. The highest BCUT2D eigenvalue weighted by Crippen LogP contribution is 2.37. The summed E-state index contributed by atoms with van der Waals surface area (Å²) in [5, 5.41) is 3.51. The number of anilines is 1. The molecule has 2 aromatic rings. The van der Waals surface area contributed by atoms with Crippen molar-refractivity contribution in [3.63, 3.8) is 0 Å². The summed E-state index contributed by atoms with van der Waals surface area (Å²) in [7, 11) is 0. The lowest BCUT2D eigenvalue weighted by Gasteiger charge is -2.06. The van der Waals surface area contributed by atoms with Crippen LogP contribution in [-0.2, 0) is 24.1 Å². The highest BCUT2D eigenvalue weighted by molar-refractivity contribution is 7.17. The molecular formula is C17H19ClN2O2S2. The molecule has 2 amide bonds. The van der Waals surface area contributed by atoms with Gasteiger partial charge < -0.3 is 11.1 Å². The zero-order valence-corrected chi connectivity index (χ0v) is 15.6. The second-order valence-electron chi connectivity index (χ2n) is 5.89. The largest absolute Gasteiger partial charge is 0.365 e. The Morgan fingerprint density at radius 2 is 1.96 bits per heavy atom. The maximum Gasteiger partial charge on any atom is 0.251 e.